The van der Waals surface area contributed by atoms with E-state index in [1.165, 1.54) is 6.07 Å². The lowest BCUT2D eigenvalue weighted by atomic mass is 10.1. The average molecular weight is 295 g/mol. The van der Waals surface area contributed by atoms with Crippen LogP contribution in [0.15, 0.2) is 36.4 Å². The van der Waals surface area contributed by atoms with Gasteiger partial charge in [-0.2, -0.15) is 0 Å². The Kier molecular flexibility index (Phi) is 4.02. The van der Waals surface area contributed by atoms with Crippen molar-refractivity contribution < 1.29 is 4.39 Å². The number of aryl methyl sites for hydroxylation is 1. The second-order valence-corrected chi connectivity index (χ2v) is 4.96. The highest BCUT2D eigenvalue weighted by molar-refractivity contribution is 7.80. The molecule has 2 aromatic carbocycles. The van der Waals surface area contributed by atoms with Gasteiger partial charge in [0.2, 0.25) is 0 Å². The first-order valence-electron chi connectivity index (χ1n) is 5.60. The minimum absolute atomic E-state index is 0.274. The summed E-state index contributed by atoms with van der Waals surface area (Å²) in [6, 6.07) is 10.0. The largest absolute Gasteiger partial charge is 0.389 e. The zero-order valence-electron chi connectivity index (χ0n) is 10.2. The number of hydrogen-bond acceptors (Lipinski definition) is 2. The lowest BCUT2D eigenvalue weighted by Crippen LogP contribution is -2.09. The highest BCUT2D eigenvalue weighted by Gasteiger charge is 2.08. The minimum Gasteiger partial charge on any atom is -0.389 e. The summed E-state index contributed by atoms with van der Waals surface area (Å²) < 4.78 is 13.7. The van der Waals surface area contributed by atoms with Crippen molar-refractivity contribution in [3.05, 3.63) is 58.4 Å². The number of nitrogens with two attached hydrogens (primary N) is 1. The zero-order valence-corrected chi connectivity index (χ0v) is 11.8. The molecule has 5 heteroatoms. The predicted octanol–water partition coefficient (Wildman–Crippen LogP) is 4.17. The SMILES string of the molecule is Cc1cccc(F)c1Nc1ccc(C(N)=S)cc1Cl. The van der Waals surface area contributed by atoms with Crippen molar-refractivity contribution in [2.45, 2.75) is 6.92 Å². The number of halogens is 2. The molecule has 0 unspecified atom stereocenters. The summed E-state index contributed by atoms with van der Waals surface area (Å²) >= 11 is 11.0. The van der Waals surface area contributed by atoms with Crippen LogP contribution >= 0.6 is 23.8 Å². The van der Waals surface area contributed by atoms with Crippen LogP contribution in [0.5, 0.6) is 0 Å². The summed E-state index contributed by atoms with van der Waals surface area (Å²) in [6.07, 6.45) is 0. The van der Waals surface area contributed by atoms with Crippen molar-refractivity contribution in [2.75, 3.05) is 5.32 Å². The summed E-state index contributed by atoms with van der Waals surface area (Å²) in [4.78, 5) is 0.274. The van der Waals surface area contributed by atoms with E-state index in [1.54, 1.807) is 24.3 Å². The third kappa shape index (κ3) is 3.03. The van der Waals surface area contributed by atoms with Gasteiger partial charge in [0.1, 0.15) is 10.8 Å². The Bertz CT molecular complexity index is 623. The van der Waals surface area contributed by atoms with Gasteiger partial charge >= 0.3 is 0 Å². The molecule has 98 valence electrons. The van der Waals surface area contributed by atoms with Crippen LogP contribution in [0.3, 0.4) is 0 Å². The fraction of sp³-hybridized carbons (Fsp3) is 0.0714. The van der Waals surface area contributed by atoms with Crippen LogP contribution in [0.25, 0.3) is 0 Å². The molecular weight excluding hydrogens is 283 g/mol. The lowest BCUT2D eigenvalue weighted by Gasteiger charge is -2.12. The molecule has 0 fully saturated rings. The summed E-state index contributed by atoms with van der Waals surface area (Å²) in [5.41, 5.74) is 8.02. The Hall–Kier alpha value is -1.65. The molecule has 0 saturated carbocycles. The molecule has 3 N–H and O–H groups in total. The van der Waals surface area contributed by atoms with Crippen LogP contribution in [0, 0.1) is 12.7 Å². The van der Waals surface area contributed by atoms with Crippen LogP contribution in [0.4, 0.5) is 15.8 Å². The van der Waals surface area contributed by atoms with E-state index in [9.17, 15) is 4.39 Å². The Labute approximate surface area is 121 Å². The third-order valence-electron chi connectivity index (χ3n) is 2.74. The van der Waals surface area contributed by atoms with E-state index < -0.39 is 0 Å². The monoisotopic (exact) mass is 294 g/mol. The van der Waals surface area contributed by atoms with Crippen LogP contribution in [0.1, 0.15) is 11.1 Å². The summed E-state index contributed by atoms with van der Waals surface area (Å²) in [7, 11) is 0. The summed E-state index contributed by atoms with van der Waals surface area (Å²) in [6.45, 7) is 1.82. The molecule has 0 aliphatic carbocycles. The van der Waals surface area contributed by atoms with Crippen molar-refractivity contribution in [1.82, 2.24) is 0 Å². The Morgan fingerprint density at radius 1 is 1.32 bits per heavy atom. The van der Waals surface area contributed by atoms with Gasteiger partial charge in [0, 0.05) is 5.56 Å². The molecule has 0 heterocycles. The molecule has 2 rings (SSSR count). The van der Waals surface area contributed by atoms with Gasteiger partial charge in [-0.1, -0.05) is 36.0 Å². The van der Waals surface area contributed by atoms with Gasteiger partial charge in [-0.05, 0) is 36.8 Å². The molecule has 0 radical (unpaired) electrons. The highest BCUT2D eigenvalue weighted by atomic mass is 35.5. The lowest BCUT2D eigenvalue weighted by molar-refractivity contribution is 0.631. The number of rotatable bonds is 3. The number of thiocarbonyl (C=S) groups is 1. The smallest absolute Gasteiger partial charge is 0.146 e. The topological polar surface area (TPSA) is 38.0 Å². The van der Waals surface area contributed by atoms with E-state index >= 15 is 0 Å². The maximum Gasteiger partial charge on any atom is 0.146 e. The summed E-state index contributed by atoms with van der Waals surface area (Å²) in [5.74, 6) is -0.325. The van der Waals surface area contributed by atoms with E-state index in [-0.39, 0.29) is 10.8 Å². The van der Waals surface area contributed by atoms with Gasteiger partial charge in [-0.25, -0.2) is 4.39 Å². The minimum atomic E-state index is -0.325. The van der Waals surface area contributed by atoms with Crippen LogP contribution < -0.4 is 11.1 Å². The van der Waals surface area contributed by atoms with Crippen LogP contribution in [0.2, 0.25) is 5.02 Å². The van der Waals surface area contributed by atoms with Gasteiger partial charge in [0.15, 0.2) is 0 Å². The van der Waals surface area contributed by atoms with Crippen molar-refractivity contribution in [3.63, 3.8) is 0 Å². The number of hydrogen-bond donors (Lipinski definition) is 2. The number of anilines is 2. The molecule has 0 amide bonds. The van der Waals surface area contributed by atoms with Gasteiger partial charge in [0.05, 0.1) is 16.4 Å². The highest BCUT2D eigenvalue weighted by Crippen LogP contribution is 2.29. The first-order valence-corrected chi connectivity index (χ1v) is 6.39. The van der Waals surface area contributed by atoms with Gasteiger partial charge < -0.3 is 11.1 Å². The normalized spacial score (nSPS) is 10.3. The molecule has 0 aromatic heterocycles. The van der Waals surface area contributed by atoms with Crippen molar-refractivity contribution >= 4 is 40.2 Å². The van der Waals surface area contributed by atoms with Crippen LogP contribution in [-0.4, -0.2) is 4.99 Å². The number of nitrogens with one attached hydrogen (secondary N) is 1. The molecule has 0 bridgehead atoms. The Morgan fingerprint density at radius 3 is 2.63 bits per heavy atom. The molecule has 19 heavy (non-hydrogen) atoms. The predicted molar refractivity (Wildman–Crippen MR) is 81.8 cm³/mol. The quantitative estimate of drug-likeness (QED) is 0.835. The summed E-state index contributed by atoms with van der Waals surface area (Å²) in [5, 5.41) is 3.42. The fourth-order valence-electron chi connectivity index (χ4n) is 1.69. The van der Waals surface area contributed by atoms with Gasteiger partial charge in [-0.3, -0.25) is 0 Å². The molecule has 2 nitrogen and oxygen atoms in total. The number of para-hydroxylation sites is 1. The van der Waals surface area contributed by atoms with E-state index in [1.807, 2.05) is 13.0 Å². The molecular formula is C14H12ClFN2S. The number of benzene rings is 2. The van der Waals surface area contributed by atoms with Gasteiger partial charge in [0.25, 0.3) is 0 Å². The average Bonchev–Trinajstić information content (AvgIpc) is 2.35. The van der Waals surface area contributed by atoms with E-state index in [0.717, 1.165) is 5.56 Å². The van der Waals surface area contributed by atoms with Crippen molar-refractivity contribution in [1.29, 1.82) is 0 Å². The Morgan fingerprint density at radius 2 is 2.05 bits per heavy atom. The van der Waals surface area contributed by atoms with E-state index in [2.05, 4.69) is 5.32 Å². The standard InChI is InChI=1S/C14H12ClFN2S/c1-8-3-2-4-11(16)13(8)18-12-6-5-9(14(17)19)7-10(12)15/h2-7,18H,1H3,(H2,17,19). The zero-order chi connectivity index (χ0) is 14.0. The second-order valence-electron chi connectivity index (χ2n) is 4.12. The third-order valence-corrected chi connectivity index (χ3v) is 3.28. The fourth-order valence-corrected chi connectivity index (χ4v) is 2.05. The maximum atomic E-state index is 13.7. The maximum absolute atomic E-state index is 13.7. The Balaban J connectivity index is 2.36. The molecule has 2 aromatic rings. The molecule has 0 spiro atoms. The molecule has 0 aliphatic rings. The second kappa shape index (κ2) is 5.55. The van der Waals surface area contributed by atoms with Gasteiger partial charge in [-0.15, -0.1) is 0 Å². The van der Waals surface area contributed by atoms with Crippen LogP contribution in [-0.2, 0) is 0 Å². The molecule has 0 saturated heterocycles. The first kappa shape index (κ1) is 13.8. The van der Waals surface area contributed by atoms with E-state index in [4.69, 9.17) is 29.6 Å². The molecule has 0 aliphatic heterocycles. The first-order chi connectivity index (χ1) is 8.99. The van der Waals surface area contributed by atoms with Crippen molar-refractivity contribution in [3.8, 4) is 0 Å². The van der Waals surface area contributed by atoms with Crippen molar-refractivity contribution in [2.24, 2.45) is 5.73 Å². The van der Waals surface area contributed by atoms with E-state index in [0.29, 0.717) is 22.0 Å². The molecule has 0 atom stereocenters.